The number of rotatable bonds is 8. The summed E-state index contributed by atoms with van der Waals surface area (Å²) in [6.45, 7) is 1.93. The minimum atomic E-state index is -4.88. The SMILES string of the molecule is CCOC(=O)CCc1ncc(NC(=O)c2cc(-c3ccn(C)n3)c(C(F)(F)F)cc2F)c(-c2ccccc2)n1. The summed E-state index contributed by atoms with van der Waals surface area (Å²) in [5.41, 5.74) is -1.40. The minimum absolute atomic E-state index is 0.0425. The molecule has 0 saturated carbocycles. The molecule has 0 spiro atoms. The highest BCUT2D eigenvalue weighted by atomic mass is 19.4. The van der Waals surface area contributed by atoms with Gasteiger partial charge in [-0.1, -0.05) is 30.3 Å². The van der Waals surface area contributed by atoms with Crippen LogP contribution in [0.3, 0.4) is 0 Å². The van der Waals surface area contributed by atoms with Crippen LogP contribution >= 0.6 is 0 Å². The van der Waals surface area contributed by atoms with Crippen LogP contribution in [0, 0.1) is 5.82 Å². The van der Waals surface area contributed by atoms with E-state index >= 15 is 0 Å². The monoisotopic (exact) mass is 541 g/mol. The van der Waals surface area contributed by atoms with Gasteiger partial charge in [0.05, 0.1) is 47.4 Å². The maximum atomic E-state index is 14.9. The van der Waals surface area contributed by atoms with E-state index in [1.54, 1.807) is 37.3 Å². The predicted octanol–water partition coefficient (Wildman–Crippen LogP) is 5.45. The average molecular weight is 542 g/mol. The Kier molecular flexibility index (Phi) is 8.03. The molecule has 2 aromatic carbocycles. The Bertz CT molecular complexity index is 1500. The molecule has 8 nitrogen and oxygen atoms in total. The van der Waals surface area contributed by atoms with Crippen molar-refractivity contribution in [3.05, 3.63) is 83.7 Å². The molecule has 0 bridgehead atoms. The molecule has 4 aromatic rings. The van der Waals surface area contributed by atoms with Crippen LogP contribution in [0.4, 0.5) is 23.2 Å². The van der Waals surface area contributed by atoms with E-state index in [1.807, 2.05) is 0 Å². The Hall–Kier alpha value is -4.61. The van der Waals surface area contributed by atoms with E-state index < -0.39 is 40.6 Å². The van der Waals surface area contributed by atoms with Gasteiger partial charge in [-0.2, -0.15) is 18.3 Å². The van der Waals surface area contributed by atoms with Crippen LogP contribution in [-0.4, -0.2) is 38.2 Å². The number of benzene rings is 2. The lowest BCUT2D eigenvalue weighted by atomic mass is 9.99. The number of aryl methyl sites for hydroxylation is 2. The average Bonchev–Trinajstić information content (AvgIpc) is 3.34. The van der Waals surface area contributed by atoms with Crippen molar-refractivity contribution in [3.63, 3.8) is 0 Å². The van der Waals surface area contributed by atoms with E-state index in [9.17, 15) is 27.2 Å². The normalized spacial score (nSPS) is 11.3. The molecule has 2 aromatic heterocycles. The molecule has 1 N–H and O–H groups in total. The maximum absolute atomic E-state index is 14.9. The first-order valence-corrected chi connectivity index (χ1v) is 11.9. The summed E-state index contributed by atoms with van der Waals surface area (Å²) in [6.07, 6.45) is -1.92. The number of carbonyl (C=O) groups is 2. The molecule has 1 amide bonds. The van der Waals surface area contributed by atoms with Crippen molar-refractivity contribution in [3.8, 4) is 22.5 Å². The van der Waals surface area contributed by atoms with Gasteiger partial charge in [0.15, 0.2) is 0 Å². The van der Waals surface area contributed by atoms with Crippen molar-refractivity contribution in [2.45, 2.75) is 25.9 Å². The van der Waals surface area contributed by atoms with Crippen molar-refractivity contribution in [1.82, 2.24) is 19.7 Å². The first kappa shape index (κ1) is 27.4. The predicted molar refractivity (Wildman–Crippen MR) is 134 cm³/mol. The highest BCUT2D eigenvalue weighted by Gasteiger charge is 2.36. The molecule has 0 radical (unpaired) electrons. The Morgan fingerprint density at radius 1 is 1.10 bits per heavy atom. The van der Waals surface area contributed by atoms with Gasteiger partial charge in [-0.3, -0.25) is 14.3 Å². The number of ether oxygens (including phenoxy) is 1. The second kappa shape index (κ2) is 11.4. The van der Waals surface area contributed by atoms with E-state index in [-0.39, 0.29) is 42.6 Å². The van der Waals surface area contributed by atoms with E-state index in [4.69, 9.17) is 4.74 Å². The molecular formula is C27H23F4N5O3. The number of halogens is 4. The molecule has 39 heavy (non-hydrogen) atoms. The highest BCUT2D eigenvalue weighted by molar-refractivity contribution is 6.06. The summed E-state index contributed by atoms with van der Waals surface area (Å²) in [5.74, 6) is -2.47. The van der Waals surface area contributed by atoms with Gasteiger partial charge in [0.2, 0.25) is 0 Å². The van der Waals surface area contributed by atoms with Crippen LogP contribution in [-0.2, 0) is 29.2 Å². The summed E-state index contributed by atoms with van der Waals surface area (Å²) in [4.78, 5) is 33.6. The van der Waals surface area contributed by atoms with E-state index in [1.165, 1.54) is 30.2 Å². The van der Waals surface area contributed by atoms with Gasteiger partial charge < -0.3 is 10.1 Å². The number of hydrogen-bond donors (Lipinski definition) is 1. The van der Waals surface area contributed by atoms with Gasteiger partial charge in [-0.05, 0) is 25.1 Å². The summed E-state index contributed by atoms with van der Waals surface area (Å²) in [5, 5.41) is 6.50. The molecule has 0 aliphatic heterocycles. The fraction of sp³-hybridized carbons (Fsp3) is 0.222. The highest BCUT2D eigenvalue weighted by Crippen LogP contribution is 2.38. The van der Waals surface area contributed by atoms with Crippen LogP contribution in [0.2, 0.25) is 0 Å². The molecule has 12 heteroatoms. The van der Waals surface area contributed by atoms with Crippen molar-refractivity contribution in [2.75, 3.05) is 11.9 Å². The standard InChI is InChI=1S/C27H23F4N5O3/c1-3-39-24(37)10-9-23-32-15-22(25(34-23)16-7-5-4-6-8-16)33-26(38)18-13-17(21-11-12-36(2)35-21)19(14-20(18)28)27(29,30)31/h4-8,11-15H,3,9-10H2,1-2H3,(H,33,38). The molecule has 0 aliphatic carbocycles. The fourth-order valence-electron chi connectivity index (χ4n) is 3.84. The smallest absolute Gasteiger partial charge is 0.417 e. The lowest BCUT2D eigenvalue weighted by molar-refractivity contribution is -0.143. The summed E-state index contributed by atoms with van der Waals surface area (Å²) >= 11 is 0. The van der Waals surface area contributed by atoms with Gasteiger partial charge in [0, 0.05) is 30.8 Å². The number of esters is 1. The Morgan fingerprint density at radius 3 is 2.49 bits per heavy atom. The number of amides is 1. The molecule has 0 atom stereocenters. The number of nitrogens with zero attached hydrogens (tertiary/aromatic N) is 4. The lowest BCUT2D eigenvalue weighted by Crippen LogP contribution is -2.18. The topological polar surface area (TPSA) is 99.0 Å². The van der Waals surface area contributed by atoms with Gasteiger partial charge in [-0.15, -0.1) is 0 Å². The van der Waals surface area contributed by atoms with Gasteiger partial charge in [0.25, 0.3) is 5.91 Å². The van der Waals surface area contributed by atoms with E-state index in [0.29, 0.717) is 11.4 Å². The van der Waals surface area contributed by atoms with E-state index in [2.05, 4.69) is 20.4 Å². The van der Waals surface area contributed by atoms with Gasteiger partial charge >= 0.3 is 12.1 Å². The molecule has 4 rings (SSSR count). The Balaban J connectivity index is 1.71. The van der Waals surface area contributed by atoms with Crippen LogP contribution in [0.1, 0.15) is 35.1 Å². The molecule has 0 unspecified atom stereocenters. The number of anilines is 1. The van der Waals surface area contributed by atoms with E-state index in [0.717, 1.165) is 6.07 Å². The summed E-state index contributed by atoms with van der Waals surface area (Å²) in [6, 6.07) is 11.2. The first-order valence-electron chi connectivity index (χ1n) is 11.9. The van der Waals surface area contributed by atoms with Crippen LogP contribution in [0.15, 0.2) is 60.9 Å². The summed E-state index contributed by atoms with van der Waals surface area (Å²) in [7, 11) is 1.52. The van der Waals surface area contributed by atoms with Crippen LogP contribution in [0.25, 0.3) is 22.5 Å². The largest absolute Gasteiger partial charge is 0.466 e. The van der Waals surface area contributed by atoms with Crippen molar-refractivity contribution >= 4 is 17.6 Å². The van der Waals surface area contributed by atoms with Crippen LogP contribution in [0.5, 0.6) is 0 Å². The van der Waals surface area contributed by atoms with Crippen molar-refractivity contribution in [1.29, 1.82) is 0 Å². The third-order valence-electron chi connectivity index (χ3n) is 5.64. The van der Waals surface area contributed by atoms with Crippen LogP contribution < -0.4 is 5.32 Å². The number of hydrogen-bond acceptors (Lipinski definition) is 6. The molecule has 2 heterocycles. The zero-order valence-corrected chi connectivity index (χ0v) is 20.9. The lowest BCUT2D eigenvalue weighted by Gasteiger charge is -2.15. The zero-order chi connectivity index (χ0) is 28.2. The molecule has 202 valence electrons. The summed E-state index contributed by atoms with van der Waals surface area (Å²) < 4.78 is 62.2. The first-order chi connectivity index (χ1) is 18.6. The molecule has 0 fully saturated rings. The Morgan fingerprint density at radius 2 is 1.85 bits per heavy atom. The van der Waals surface area contributed by atoms with Crippen molar-refractivity contribution in [2.24, 2.45) is 7.05 Å². The third kappa shape index (κ3) is 6.46. The number of carbonyl (C=O) groups excluding carboxylic acids is 2. The molecule has 0 aliphatic rings. The number of alkyl halides is 3. The molecule has 0 saturated heterocycles. The fourth-order valence-corrected chi connectivity index (χ4v) is 3.84. The maximum Gasteiger partial charge on any atom is 0.417 e. The Labute approximate surface area is 220 Å². The van der Waals surface area contributed by atoms with Gasteiger partial charge in [-0.25, -0.2) is 14.4 Å². The van der Waals surface area contributed by atoms with Gasteiger partial charge in [0.1, 0.15) is 11.6 Å². The quantitative estimate of drug-likeness (QED) is 0.235. The third-order valence-corrected chi connectivity index (χ3v) is 5.64. The number of aromatic nitrogens is 4. The zero-order valence-electron chi connectivity index (χ0n) is 20.9. The second-order valence-electron chi connectivity index (χ2n) is 8.42. The number of nitrogens with one attached hydrogen (secondary N) is 1. The minimum Gasteiger partial charge on any atom is -0.466 e. The second-order valence-corrected chi connectivity index (χ2v) is 8.42. The molecular weight excluding hydrogens is 518 g/mol. The van der Waals surface area contributed by atoms with Crippen molar-refractivity contribution < 1.29 is 31.9 Å².